The Labute approximate surface area is 166 Å². The predicted molar refractivity (Wildman–Crippen MR) is 112 cm³/mol. The number of halogens is 1. The maximum atomic E-state index is 5.43. The van der Waals surface area contributed by atoms with E-state index in [0.29, 0.717) is 19.8 Å². The van der Waals surface area contributed by atoms with Gasteiger partial charge in [-0.1, -0.05) is 6.92 Å². The summed E-state index contributed by atoms with van der Waals surface area (Å²) in [5, 5.41) is 9.95. The van der Waals surface area contributed by atoms with Gasteiger partial charge in [-0.25, -0.2) is 4.98 Å². The summed E-state index contributed by atoms with van der Waals surface area (Å²) in [7, 11) is 1.68. The number of aromatic nitrogens is 1. The molecule has 0 bridgehead atoms. The van der Waals surface area contributed by atoms with E-state index in [4.69, 9.17) is 9.47 Å². The number of nitrogens with zero attached hydrogens (tertiary/aromatic N) is 2. The molecule has 1 aromatic rings. The molecule has 6 nitrogen and oxygen atoms in total. The van der Waals surface area contributed by atoms with Gasteiger partial charge in [0.1, 0.15) is 0 Å². The minimum atomic E-state index is 0. The Kier molecular flexibility index (Phi) is 15.7. The number of aryl methyl sites for hydroxylation is 1. The van der Waals surface area contributed by atoms with Crippen LogP contribution >= 0.6 is 35.3 Å². The third-order valence-electron chi connectivity index (χ3n) is 3.07. The van der Waals surface area contributed by atoms with Gasteiger partial charge in [0, 0.05) is 45.2 Å². The van der Waals surface area contributed by atoms with Gasteiger partial charge in [0.2, 0.25) is 0 Å². The molecule has 0 amide bonds. The summed E-state index contributed by atoms with van der Waals surface area (Å²) in [6.45, 7) is 8.64. The van der Waals surface area contributed by atoms with Crippen LogP contribution < -0.4 is 10.6 Å². The SMILES string of the molecule is CCNC(=NCCCOCCOC)NCCc1csc(CC)n1.I. The van der Waals surface area contributed by atoms with E-state index in [9.17, 15) is 0 Å². The molecule has 24 heavy (non-hydrogen) atoms. The fourth-order valence-electron chi connectivity index (χ4n) is 1.88. The lowest BCUT2D eigenvalue weighted by molar-refractivity contribution is 0.0702. The van der Waals surface area contributed by atoms with Crippen molar-refractivity contribution in [3.8, 4) is 0 Å². The zero-order valence-corrected chi connectivity index (χ0v) is 18.1. The minimum absolute atomic E-state index is 0. The molecule has 0 aliphatic heterocycles. The van der Waals surface area contributed by atoms with Gasteiger partial charge in [-0.2, -0.15) is 0 Å². The van der Waals surface area contributed by atoms with Crippen LogP contribution in [0.4, 0.5) is 0 Å². The number of guanidine groups is 1. The molecule has 0 saturated carbocycles. The van der Waals surface area contributed by atoms with E-state index in [1.807, 2.05) is 0 Å². The summed E-state index contributed by atoms with van der Waals surface area (Å²) in [6, 6.07) is 0. The first-order valence-corrected chi connectivity index (χ1v) is 9.20. The van der Waals surface area contributed by atoms with Crippen molar-refractivity contribution in [2.75, 3.05) is 46.6 Å². The summed E-state index contributed by atoms with van der Waals surface area (Å²) in [5.41, 5.74) is 1.15. The highest BCUT2D eigenvalue weighted by Gasteiger charge is 2.01. The van der Waals surface area contributed by atoms with Gasteiger partial charge < -0.3 is 20.1 Å². The molecule has 0 aromatic carbocycles. The van der Waals surface area contributed by atoms with Crippen molar-refractivity contribution in [1.29, 1.82) is 0 Å². The molecule has 0 fully saturated rings. The number of rotatable bonds is 12. The van der Waals surface area contributed by atoms with Crippen molar-refractivity contribution in [2.24, 2.45) is 4.99 Å². The van der Waals surface area contributed by atoms with Gasteiger partial charge in [0.25, 0.3) is 0 Å². The smallest absolute Gasteiger partial charge is 0.191 e. The highest BCUT2D eigenvalue weighted by atomic mass is 127. The highest BCUT2D eigenvalue weighted by Crippen LogP contribution is 2.10. The summed E-state index contributed by atoms with van der Waals surface area (Å²) < 4.78 is 10.4. The van der Waals surface area contributed by atoms with Crippen LogP contribution in [0.2, 0.25) is 0 Å². The van der Waals surface area contributed by atoms with E-state index >= 15 is 0 Å². The molecule has 0 saturated heterocycles. The molecule has 140 valence electrons. The molecule has 1 heterocycles. The third-order valence-corrected chi connectivity index (χ3v) is 4.11. The van der Waals surface area contributed by atoms with Crippen molar-refractivity contribution in [1.82, 2.24) is 15.6 Å². The average molecular weight is 470 g/mol. The second-order valence-corrected chi connectivity index (χ2v) is 5.92. The second kappa shape index (κ2) is 16.0. The maximum absolute atomic E-state index is 5.43. The van der Waals surface area contributed by atoms with Crippen LogP contribution in [0.3, 0.4) is 0 Å². The molecular weight excluding hydrogens is 439 g/mol. The van der Waals surface area contributed by atoms with E-state index in [0.717, 1.165) is 50.6 Å². The van der Waals surface area contributed by atoms with E-state index in [2.05, 4.69) is 39.8 Å². The molecule has 1 aromatic heterocycles. The molecule has 0 radical (unpaired) electrons. The van der Waals surface area contributed by atoms with Gasteiger partial charge in [-0.3, -0.25) is 4.99 Å². The first-order chi connectivity index (χ1) is 11.3. The summed E-state index contributed by atoms with van der Waals surface area (Å²) in [5.74, 6) is 0.857. The number of thiazole rings is 1. The van der Waals surface area contributed by atoms with Gasteiger partial charge in [-0.05, 0) is 19.8 Å². The largest absolute Gasteiger partial charge is 0.382 e. The van der Waals surface area contributed by atoms with Crippen molar-refractivity contribution >= 4 is 41.3 Å². The zero-order valence-electron chi connectivity index (χ0n) is 15.0. The first kappa shape index (κ1) is 23.5. The fraction of sp³-hybridized carbons (Fsp3) is 0.750. The molecule has 0 aliphatic rings. The van der Waals surface area contributed by atoms with Gasteiger partial charge in [-0.15, -0.1) is 35.3 Å². The van der Waals surface area contributed by atoms with E-state index in [-0.39, 0.29) is 24.0 Å². The van der Waals surface area contributed by atoms with Crippen LogP contribution in [0.15, 0.2) is 10.4 Å². The number of hydrogen-bond donors (Lipinski definition) is 2. The monoisotopic (exact) mass is 470 g/mol. The van der Waals surface area contributed by atoms with Crippen LogP contribution in [0.5, 0.6) is 0 Å². The Bertz CT molecular complexity index is 443. The van der Waals surface area contributed by atoms with E-state index in [1.54, 1.807) is 18.4 Å². The lowest BCUT2D eigenvalue weighted by Crippen LogP contribution is -2.38. The average Bonchev–Trinajstić information content (AvgIpc) is 3.02. The summed E-state index contributed by atoms with van der Waals surface area (Å²) in [6.07, 6.45) is 2.84. The first-order valence-electron chi connectivity index (χ1n) is 8.32. The molecule has 0 unspecified atom stereocenters. The Morgan fingerprint density at radius 1 is 1.25 bits per heavy atom. The van der Waals surface area contributed by atoms with Crippen molar-refractivity contribution in [3.05, 3.63) is 16.1 Å². The number of hydrogen-bond acceptors (Lipinski definition) is 5. The van der Waals surface area contributed by atoms with Crippen LogP contribution in [0.25, 0.3) is 0 Å². The van der Waals surface area contributed by atoms with Crippen molar-refractivity contribution < 1.29 is 9.47 Å². The number of aliphatic imine (C=N–C) groups is 1. The van der Waals surface area contributed by atoms with Gasteiger partial charge in [0.05, 0.1) is 23.9 Å². The molecule has 2 N–H and O–H groups in total. The van der Waals surface area contributed by atoms with Crippen LogP contribution in [0, 0.1) is 0 Å². The van der Waals surface area contributed by atoms with Crippen molar-refractivity contribution in [3.63, 3.8) is 0 Å². The van der Waals surface area contributed by atoms with E-state index in [1.165, 1.54) is 5.01 Å². The fourth-order valence-corrected chi connectivity index (χ4v) is 2.66. The van der Waals surface area contributed by atoms with Crippen molar-refractivity contribution in [2.45, 2.75) is 33.1 Å². The maximum Gasteiger partial charge on any atom is 0.191 e. The molecule has 0 atom stereocenters. The normalized spacial score (nSPS) is 11.2. The molecule has 1 rings (SSSR count). The summed E-state index contributed by atoms with van der Waals surface area (Å²) >= 11 is 1.74. The number of nitrogens with one attached hydrogen (secondary N) is 2. The van der Waals surface area contributed by atoms with Gasteiger partial charge in [0.15, 0.2) is 5.96 Å². The minimum Gasteiger partial charge on any atom is -0.382 e. The standard InChI is InChI=1S/C16H30N4O2S.HI/c1-4-15-20-14(13-23-15)7-9-19-16(17-5-2)18-8-6-10-22-12-11-21-3;/h13H,4-12H2,1-3H3,(H2,17,18,19);1H. The zero-order chi connectivity index (χ0) is 16.8. The topological polar surface area (TPSA) is 67.8 Å². The predicted octanol–water partition coefficient (Wildman–Crippen LogP) is 2.47. The lowest BCUT2D eigenvalue weighted by atomic mass is 10.3. The lowest BCUT2D eigenvalue weighted by Gasteiger charge is -2.10. The highest BCUT2D eigenvalue weighted by molar-refractivity contribution is 14.0. The molecular formula is C16H31IN4O2S. The van der Waals surface area contributed by atoms with Gasteiger partial charge >= 0.3 is 0 Å². The van der Waals surface area contributed by atoms with E-state index < -0.39 is 0 Å². The number of methoxy groups -OCH3 is 1. The molecule has 8 heteroatoms. The van der Waals surface area contributed by atoms with Crippen LogP contribution in [-0.2, 0) is 22.3 Å². The van der Waals surface area contributed by atoms with Crippen LogP contribution in [0.1, 0.15) is 31.0 Å². The van der Waals surface area contributed by atoms with Crippen LogP contribution in [-0.4, -0.2) is 57.5 Å². The summed E-state index contributed by atoms with van der Waals surface area (Å²) in [4.78, 5) is 9.12. The third kappa shape index (κ3) is 11.2. The molecule has 0 aliphatic carbocycles. The quantitative estimate of drug-likeness (QED) is 0.213. The Morgan fingerprint density at radius 2 is 2.08 bits per heavy atom. The Hall–Kier alpha value is -0.450. The Morgan fingerprint density at radius 3 is 2.75 bits per heavy atom. The number of ether oxygens (including phenoxy) is 2. The molecule has 0 spiro atoms. The second-order valence-electron chi connectivity index (χ2n) is 4.98. The Balaban J connectivity index is 0.00000529.